The number of likely N-dealkylation sites (N-methyl/N-ethyl adjacent to an activating group) is 1. The highest BCUT2D eigenvalue weighted by Crippen LogP contribution is 2.19. The molecule has 2 rings (SSSR count). The molecular formula is C14H23ClN4O. The summed E-state index contributed by atoms with van der Waals surface area (Å²) in [7, 11) is 2.14. The summed E-state index contributed by atoms with van der Waals surface area (Å²) in [6.45, 7) is 5.75. The van der Waals surface area contributed by atoms with Crippen molar-refractivity contribution < 1.29 is 0 Å². The lowest BCUT2D eigenvalue weighted by molar-refractivity contribution is 0.194. The molecule has 1 aliphatic heterocycles. The molecule has 5 nitrogen and oxygen atoms in total. The lowest BCUT2D eigenvalue weighted by Crippen LogP contribution is -2.41. The predicted octanol–water partition coefficient (Wildman–Crippen LogP) is 2.37. The quantitative estimate of drug-likeness (QED) is 0.927. The van der Waals surface area contributed by atoms with E-state index in [9.17, 15) is 4.79 Å². The molecule has 0 spiro atoms. The average molecular weight is 299 g/mol. The fourth-order valence-electron chi connectivity index (χ4n) is 2.57. The van der Waals surface area contributed by atoms with E-state index in [4.69, 9.17) is 11.6 Å². The molecule has 6 heteroatoms. The number of rotatable bonds is 4. The van der Waals surface area contributed by atoms with Gasteiger partial charge in [0.1, 0.15) is 5.02 Å². The Morgan fingerprint density at radius 3 is 2.90 bits per heavy atom. The van der Waals surface area contributed by atoms with Crippen LogP contribution in [0.5, 0.6) is 0 Å². The smallest absolute Gasteiger partial charge is 0.287 e. The molecule has 0 saturated carbocycles. The van der Waals surface area contributed by atoms with Crippen molar-refractivity contribution in [3.05, 3.63) is 21.6 Å². The van der Waals surface area contributed by atoms with Crippen molar-refractivity contribution in [1.29, 1.82) is 0 Å². The number of piperidine rings is 1. The van der Waals surface area contributed by atoms with Crippen molar-refractivity contribution in [1.82, 2.24) is 14.7 Å². The Morgan fingerprint density at radius 2 is 2.25 bits per heavy atom. The number of hydrogen-bond donors (Lipinski definition) is 1. The highest BCUT2D eigenvalue weighted by Gasteiger charge is 2.19. The topological polar surface area (TPSA) is 50.2 Å². The number of hydrogen-bond acceptors (Lipinski definition) is 4. The molecule has 1 N–H and O–H groups in total. The zero-order chi connectivity index (χ0) is 14.7. The third-order valence-electron chi connectivity index (χ3n) is 3.88. The largest absolute Gasteiger partial charge is 0.381 e. The molecule has 20 heavy (non-hydrogen) atoms. The van der Waals surface area contributed by atoms with Crippen LogP contribution in [0.4, 0.5) is 5.69 Å². The van der Waals surface area contributed by atoms with Gasteiger partial charge in [0.05, 0.1) is 17.9 Å². The van der Waals surface area contributed by atoms with Crippen LogP contribution >= 0.6 is 11.6 Å². The molecule has 0 aromatic carbocycles. The first-order chi connectivity index (χ1) is 9.50. The van der Waals surface area contributed by atoms with Crippen LogP contribution in [0.25, 0.3) is 0 Å². The molecule has 1 aromatic heterocycles. The molecule has 1 aliphatic rings. The third kappa shape index (κ3) is 3.33. The van der Waals surface area contributed by atoms with Gasteiger partial charge >= 0.3 is 0 Å². The summed E-state index contributed by atoms with van der Waals surface area (Å²) in [5.74, 6) is 0. The maximum absolute atomic E-state index is 12.1. The van der Waals surface area contributed by atoms with Crippen molar-refractivity contribution in [3.8, 4) is 0 Å². The SMILES string of the molecule is CC(C)n1ncc(NCC2CCCCN2C)c(Cl)c1=O. The Balaban J connectivity index is 2.06. The van der Waals surface area contributed by atoms with E-state index in [1.54, 1.807) is 6.20 Å². The zero-order valence-electron chi connectivity index (χ0n) is 12.4. The molecule has 1 atom stereocenters. The van der Waals surface area contributed by atoms with Crippen molar-refractivity contribution in [2.45, 2.75) is 45.2 Å². The number of likely N-dealkylation sites (tertiary alicyclic amines) is 1. The highest BCUT2D eigenvalue weighted by atomic mass is 35.5. The summed E-state index contributed by atoms with van der Waals surface area (Å²) in [5.41, 5.74) is 0.399. The Bertz CT molecular complexity index is 514. The minimum absolute atomic E-state index is 0.0125. The van der Waals surface area contributed by atoms with E-state index in [-0.39, 0.29) is 16.6 Å². The molecular weight excluding hydrogens is 276 g/mol. The number of anilines is 1. The van der Waals surface area contributed by atoms with Gasteiger partial charge in [-0.15, -0.1) is 0 Å². The van der Waals surface area contributed by atoms with E-state index in [2.05, 4.69) is 22.4 Å². The highest BCUT2D eigenvalue weighted by molar-refractivity contribution is 6.32. The summed E-state index contributed by atoms with van der Waals surface area (Å²) in [6, 6.07) is 0.505. The summed E-state index contributed by atoms with van der Waals surface area (Å²) < 4.78 is 1.40. The van der Waals surface area contributed by atoms with Crippen molar-refractivity contribution in [3.63, 3.8) is 0 Å². The van der Waals surface area contributed by atoms with Gasteiger partial charge in [-0.2, -0.15) is 5.10 Å². The number of nitrogens with zero attached hydrogens (tertiary/aromatic N) is 3. The van der Waals surface area contributed by atoms with E-state index >= 15 is 0 Å². The van der Waals surface area contributed by atoms with Gasteiger partial charge in [0.25, 0.3) is 5.56 Å². The Hall–Kier alpha value is -1.07. The van der Waals surface area contributed by atoms with E-state index in [0.717, 1.165) is 13.1 Å². The van der Waals surface area contributed by atoms with Crippen molar-refractivity contribution >= 4 is 17.3 Å². The molecule has 1 unspecified atom stereocenters. The number of aromatic nitrogens is 2. The van der Waals surface area contributed by atoms with E-state index in [1.165, 1.54) is 23.9 Å². The van der Waals surface area contributed by atoms with Crippen LogP contribution in [0.1, 0.15) is 39.2 Å². The maximum atomic E-state index is 12.1. The minimum Gasteiger partial charge on any atom is -0.381 e. The summed E-state index contributed by atoms with van der Waals surface area (Å²) >= 11 is 6.15. The first-order valence-corrected chi connectivity index (χ1v) is 7.60. The van der Waals surface area contributed by atoms with Crippen LogP contribution in [0.15, 0.2) is 11.0 Å². The van der Waals surface area contributed by atoms with E-state index in [1.807, 2.05) is 13.8 Å². The van der Waals surface area contributed by atoms with Crippen LogP contribution < -0.4 is 10.9 Å². The molecule has 0 aliphatic carbocycles. The van der Waals surface area contributed by atoms with E-state index in [0.29, 0.717) is 11.7 Å². The van der Waals surface area contributed by atoms with Gasteiger partial charge in [0.15, 0.2) is 0 Å². The van der Waals surface area contributed by atoms with Crippen molar-refractivity contribution in [2.24, 2.45) is 0 Å². The van der Waals surface area contributed by atoms with Gasteiger partial charge in [-0.1, -0.05) is 18.0 Å². The van der Waals surface area contributed by atoms with E-state index < -0.39 is 0 Å². The molecule has 1 aromatic rings. The van der Waals surface area contributed by atoms with Crippen LogP contribution in [0.3, 0.4) is 0 Å². The minimum atomic E-state index is -0.233. The zero-order valence-corrected chi connectivity index (χ0v) is 13.2. The van der Waals surface area contributed by atoms with Gasteiger partial charge < -0.3 is 10.2 Å². The molecule has 0 radical (unpaired) electrons. The average Bonchev–Trinajstić information content (AvgIpc) is 2.41. The van der Waals surface area contributed by atoms with Gasteiger partial charge in [0, 0.05) is 12.6 Å². The molecule has 2 heterocycles. The van der Waals surface area contributed by atoms with Crippen LogP contribution in [-0.2, 0) is 0 Å². The first-order valence-electron chi connectivity index (χ1n) is 7.22. The number of halogens is 1. The first kappa shape index (κ1) is 15.3. The number of nitrogens with one attached hydrogen (secondary N) is 1. The normalized spacial score (nSPS) is 20.4. The standard InChI is InChI=1S/C14H23ClN4O/c1-10(2)19-14(20)13(15)12(9-17-19)16-8-11-6-4-5-7-18(11)3/h9-11,16H,4-8H2,1-3H3. The molecule has 0 amide bonds. The third-order valence-corrected chi connectivity index (χ3v) is 4.25. The monoisotopic (exact) mass is 298 g/mol. The Labute approximate surface area is 124 Å². The molecule has 112 valence electrons. The maximum Gasteiger partial charge on any atom is 0.287 e. The second-order valence-corrected chi connectivity index (χ2v) is 6.10. The second-order valence-electron chi connectivity index (χ2n) is 5.73. The van der Waals surface area contributed by atoms with Gasteiger partial charge in [0.2, 0.25) is 0 Å². The summed E-state index contributed by atoms with van der Waals surface area (Å²) in [4.78, 5) is 14.4. The van der Waals surface area contributed by atoms with Crippen LogP contribution in [0, 0.1) is 0 Å². The molecule has 1 fully saturated rings. The van der Waals surface area contributed by atoms with Gasteiger partial charge in [-0.05, 0) is 40.3 Å². The fourth-order valence-corrected chi connectivity index (χ4v) is 2.77. The van der Waals surface area contributed by atoms with Gasteiger partial charge in [-0.3, -0.25) is 4.79 Å². The fraction of sp³-hybridized carbons (Fsp3) is 0.714. The lowest BCUT2D eigenvalue weighted by atomic mass is 10.0. The second kappa shape index (κ2) is 6.59. The molecule has 1 saturated heterocycles. The van der Waals surface area contributed by atoms with Crippen molar-refractivity contribution in [2.75, 3.05) is 25.5 Å². The van der Waals surface area contributed by atoms with Crippen LogP contribution in [0.2, 0.25) is 5.02 Å². The Kier molecular flexibility index (Phi) is 5.05. The Morgan fingerprint density at radius 1 is 1.50 bits per heavy atom. The predicted molar refractivity (Wildman–Crippen MR) is 82.7 cm³/mol. The summed E-state index contributed by atoms with van der Waals surface area (Å²) in [6.07, 6.45) is 5.35. The van der Waals surface area contributed by atoms with Gasteiger partial charge in [-0.25, -0.2) is 4.68 Å². The lowest BCUT2D eigenvalue weighted by Gasteiger charge is -2.32. The molecule has 0 bridgehead atoms. The summed E-state index contributed by atoms with van der Waals surface area (Å²) in [5, 5.41) is 7.66. The van der Waals surface area contributed by atoms with Crippen LogP contribution in [-0.4, -0.2) is 40.9 Å².